The second kappa shape index (κ2) is 7.08. The Labute approximate surface area is 158 Å². The maximum atomic E-state index is 14.4. The van der Waals surface area contributed by atoms with Crippen molar-refractivity contribution in [1.29, 1.82) is 0 Å². The molecule has 6 nitrogen and oxygen atoms in total. The fourth-order valence-corrected chi connectivity index (χ4v) is 3.58. The molecule has 0 saturated carbocycles. The maximum Gasteiger partial charge on any atom is 0.409 e. The van der Waals surface area contributed by atoms with Gasteiger partial charge in [-0.15, -0.1) is 0 Å². The molecule has 2 aromatic rings. The number of halogens is 4. The fraction of sp³-hybridized carbons (Fsp3) is 0.444. The van der Waals surface area contributed by atoms with Crippen molar-refractivity contribution in [3.63, 3.8) is 0 Å². The number of nitrogens with zero attached hydrogens (tertiary/aromatic N) is 4. The van der Waals surface area contributed by atoms with E-state index in [1.807, 2.05) is 0 Å². The Hall–Kier alpha value is -2.62. The van der Waals surface area contributed by atoms with Gasteiger partial charge in [0.2, 0.25) is 5.95 Å². The fourth-order valence-electron chi connectivity index (χ4n) is 3.58. The van der Waals surface area contributed by atoms with Crippen LogP contribution in [0.2, 0.25) is 0 Å². The lowest BCUT2D eigenvalue weighted by Gasteiger charge is -2.39. The maximum absolute atomic E-state index is 14.4. The first-order chi connectivity index (χ1) is 13.4. The Kier molecular flexibility index (Phi) is 4.74. The normalized spacial score (nSPS) is 20.2. The summed E-state index contributed by atoms with van der Waals surface area (Å²) in [6.45, 7) is 1.67. The van der Waals surface area contributed by atoms with E-state index in [1.165, 1.54) is 28.8 Å². The summed E-state index contributed by atoms with van der Waals surface area (Å²) in [6.07, 6.45) is -4.98. The monoisotopic (exact) mass is 398 g/mol. The van der Waals surface area contributed by atoms with Crippen LogP contribution >= 0.6 is 0 Å². The molecule has 4 rings (SSSR count). The van der Waals surface area contributed by atoms with Gasteiger partial charge in [0, 0.05) is 25.7 Å². The number of para-hydroxylation sites is 1. The van der Waals surface area contributed by atoms with E-state index in [0.29, 0.717) is 26.3 Å². The molecule has 0 N–H and O–H groups in total. The lowest BCUT2D eigenvalue weighted by atomic mass is 10.1. The van der Waals surface area contributed by atoms with E-state index < -0.39 is 23.6 Å². The van der Waals surface area contributed by atoms with Gasteiger partial charge in [-0.2, -0.15) is 18.2 Å². The van der Waals surface area contributed by atoms with Crippen LogP contribution in [0.1, 0.15) is 6.42 Å². The molecule has 1 aromatic heterocycles. The Morgan fingerprint density at radius 1 is 1.11 bits per heavy atom. The van der Waals surface area contributed by atoms with Gasteiger partial charge in [-0.25, -0.2) is 4.39 Å². The summed E-state index contributed by atoms with van der Waals surface area (Å²) in [5.74, 6) is -0.743. The van der Waals surface area contributed by atoms with Crippen LogP contribution in [-0.4, -0.2) is 48.1 Å². The summed E-state index contributed by atoms with van der Waals surface area (Å²) < 4.78 is 62.1. The number of alkyl halides is 3. The lowest BCUT2D eigenvalue weighted by Crippen LogP contribution is -2.50. The molecule has 0 bridgehead atoms. The summed E-state index contributed by atoms with van der Waals surface area (Å²) in [4.78, 5) is 19.5. The zero-order valence-corrected chi connectivity index (χ0v) is 14.8. The summed E-state index contributed by atoms with van der Waals surface area (Å²) in [7, 11) is 0. The van der Waals surface area contributed by atoms with Crippen LogP contribution in [0.5, 0.6) is 0 Å². The number of ether oxygens (including phenoxy) is 1. The summed E-state index contributed by atoms with van der Waals surface area (Å²) in [5.41, 5.74) is -0.724. The van der Waals surface area contributed by atoms with E-state index in [-0.39, 0.29) is 30.4 Å². The number of fused-ring (bicyclic) bond motifs is 1. The minimum absolute atomic E-state index is 0.139. The molecule has 1 fully saturated rings. The zero-order chi connectivity index (χ0) is 19.9. The predicted molar refractivity (Wildman–Crippen MR) is 94.5 cm³/mol. The van der Waals surface area contributed by atoms with Gasteiger partial charge in [-0.3, -0.25) is 14.3 Å². The minimum atomic E-state index is -4.61. The van der Waals surface area contributed by atoms with Crippen molar-refractivity contribution >= 4 is 17.5 Å². The minimum Gasteiger partial charge on any atom is -0.378 e. The smallest absolute Gasteiger partial charge is 0.378 e. The van der Waals surface area contributed by atoms with Crippen LogP contribution < -0.4 is 15.4 Å². The summed E-state index contributed by atoms with van der Waals surface area (Å²) in [5, 5.41) is 0. The Morgan fingerprint density at radius 3 is 2.50 bits per heavy atom. The largest absolute Gasteiger partial charge is 0.409 e. The highest BCUT2D eigenvalue weighted by molar-refractivity contribution is 5.62. The molecular formula is C18H18F4N4O2. The average Bonchev–Trinajstić information content (AvgIpc) is 2.67. The van der Waals surface area contributed by atoms with Crippen molar-refractivity contribution in [2.24, 2.45) is 0 Å². The highest BCUT2D eigenvalue weighted by atomic mass is 19.4. The van der Waals surface area contributed by atoms with Gasteiger partial charge in [0.1, 0.15) is 17.7 Å². The van der Waals surface area contributed by atoms with Gasteiger partial charge in [-0.05, 0) is 18.6 Å². The summed E-state index contributed by atoms with van der Waals surface area (Å²) in [6, 6.07) is 4.53. The Balaban J connectivity index is 1.88. The number of aromatic nitrogens is 2. The lowest BCUT2D eigenvalue weighted by molar-refractivity contribution is -0.150. The first kappa shape index (κ1) is 18.7. The van der Waals surface area contributed by atoms with Gasteiger partial charge in [-0.1, -0.05) is 12.1 Å². The van der Waals surface area contributed by atoms with E-state index in [4.69, 9.17) is 4.74 Å². The number of anilines is 3. The molecule has 0 spiro atoms. The quantitative estimate of drug-likeness (QED) is 0.729. The molecule has 0 radical (unpaired) electrons. The van der Waals surface area contributed by atoms with Gasteiger partial charge in [0.15, 0.2) is 0 Å². The third-order valence-corrected chi connectivity index (χ3v) is 4.95. The molecule has 1 saturated heterocycles. The van der Waals surface area contributed by atoms with Gasteiger partial charge in [0.05, 0.1) is 18.9 Å². The topological polar surface area (TPSA) is 50.6 Å². The van der Waals surface area contributed by atoms with E-state index in [9.17, 15) is 22.4 Å². The van der Waals surface area contributed by atoms with Crippen molar-refractivity contribution in [3.05, 3.63) is 46.5 Å². The molecule has 10 heteroatoms. The zero-order valence-electron chi connectivity index (χ0n) is 14.8. The standard InChI is InChI=1S/C18H18F4N4O2/c19-12-3-1-2-4-13(12)26-14(18(20,21)22)5-6-25-16(27)11-15(23-17(25)26)24-7-9-28-10-8-24/h1-4,11,14H,5-10H2. The number of rotatable bonds is 2. The first-order valence-corrected chi connectivity index (χ1v) is 8.91. The molecular weight excluding hydrogens is 380 g/mol. The number of hydrogen-bond donors (Lipinski definition) is 0. The second-order valence-electron chi connectivity index (χ2n) is 6.67. The van der Waals surface area contributed by atoms with Gasteiger partial charge >= 0.3 is 6.18 Å². The highest BCUT2D eigenvalue weighted by Gasteiger charge is 2.48. The van der Waals surface area contributed by atoms with Crippen LogP contribution in [0.4, 0.5) is 35.0 Å². The van der Waals surface area contributed by atoms with E-state index in [2.05, 4.69) is 4.98 Å². The first-order valence-electron chi connectivity index (χ1n) is 8.91. The third-order valence-electron chi connectivity index (χ3n) is 4.95. The van der Waals surface area contributed by atoms with E-state index >= 15 is 0 Å². The molecule has 150 valence electrons. The van der Waals surface area contributed by atoms with Crippen molar-refractivity contribution in [2.45, 2.75) is 25.2 Å². The van der Waals surface area contributed by atoms with Gasteiger partial charge in [0.25, 0.3) is 5.56 Å². The van der Waals surface area contributed by atoms with E-state index in [0.717, 1.165) is 11.0 Å². The Morgan fingerprint density at radius 2 is 1.82 bits per heavy atom. The van der Waals surface area contributed by atoms with Crippen LogP contribution in [0.3, 0.4) is 0 Å². The van der Waals surface area contributed by atoms with Crippen LogP contribution in [0.15, 0.2) is 35.1 Å². The molecule has 28 heavy (non-hydrogen) atoms. The molecule has 1 unspecified atom stereocenters. The summed E-state index contributed by atoms with van der Waals surface area (Å²) >= 11 is 0. The SMILES string of the molecule is O=c1cc(N2CCOCC2)nc2n1CCC(C(F)(F)F)N2c1ccccc1F. The predicted octanol–water partition coefficient (Wildman–Crippen LogP) is 2.69. The Bertz CT molecular complexity index is 925. The molecule has 1 atom stereocenters. The molecule has 0 aliphatic carbocycles. The van der Waals surface area contributed by atoms with Crippen LogP contribution in [0.25, 0.3) is 0 Å². The van der Waals surface area contributed by atoms with Crippen molar-refractivity contribution in [1.82, 2.24) is 9.55 Å². The average molecular weight is 398 g/mol. The molecule has 0 amide bonds. The number of benzene rings is 1. The van der Waals surface area contributed by atoms with Gasteiger partial charge < -0.3 is 9.64 Å². The number of morpholine rings is 1. The van der Waals surface area contributed by atoms with Crippen LogP contribution in [-0.2, 0) is 11.3 Å². The molecule has 3 heterocycles. The van der Waals surface area contributed by atoms with Crippen LogP contribution in [0, 0.1) is 5.82 Å². The highest BCUT2D eigenvalue weighted by Crippen LogP contribution is 2.40. The van der Waals surface area contributed by atoms with Crippen molar-refractivity contribution in [2.75, 3.05) is 36.1 Å². The van der Waals surface area contributed by atoms with Crippen molar-refractivity contribution in [3.8, 4) is 0 Å². The van der Waals surface area contributed by atoms with E-state index in [1.54, 1.807) is 4.90 Å². The number of hydrogen-bond acceptors (Lipinski definition) is 5. The molecule has 1 aromatic carbocycles. The second-order valence-corrected chi connectivity index (χ2v) is 6.67. The third kappa shape index (κ3) is 3.32. The molecule has 2 aliphatic rings. The van der Waals surface area contributed by atoms with Crippen molar-refractivity contribution < 1.29 is 22.3 Å². The molecule has 2 aliphatic heterocycles.